The zero-order valence-corrected chi connectivity index (χ0v) is 14.2. The number of carbonyl (C=O) groups is 1. The first kappa shape index (κ1) is 15.7. The van der Waals surface area contributed by atoms with Gasteiger partial charge in [0, 0.05) is 29.1 Å². The van der Waals surface area contributed by atoms with Crippen molar-refractivity contribution in [3.63, 3.8) is 0 Å². The highest BCUT2D eigenvalue weighted by atomic mass is 35.5. The summed E-state index contributed by atoms with van der Waals surface area (Å²) in [6.45, 7) is 2.34. The fraction of sp³-hybridized carbons (Fsp3) is 0.350. The molecule has 4 heteroatoms. The number of rotatable bonds is 3. The second-order valence-corrected chi connectivity index (χ2v) is 7.43. The average molecular weight is 342 g/mol. The van der Waals surface area contributed by atoms with Crippen LogP contribution in [0.15, 0.2) is 54.6 Å². The van der Waals surface area contributed by atoms with Crippen LogP contribution in [-0.4, -0.2) is 36.6 Å². The minimum absolute atomic E-state index is 0.0869. The van der Waals surface area contributed by atoms with Gasteiger partial charge in [-0.3, -0.25) is 4.79 Å². The van der Waals surface area contributed by atoms with Gasteiger partial charge in [0.1, 0.15) is 0 Å². The highest BCUT2D eigenvalue weighted by molar-refractivity contribution is 6.30. The number of amides is 1. The second kappa shape index (κ2) is 6.23. The molecule has 24 heavy (non-hydrogen) atoms. The molecule has 1 spiro atoms. The van der Waals surface area contributed by atoms with Gasteiger partial charge in [-0.2, -0.15) is 0 Å². The Kier molecular flexibility index (Phi) is 4.07. The molecule has 2 heterocycles. The number of ether oxygens (including phenoxy) is 1. The van der Waals surface area contributed by atoms with Crippen LogP contribution in [-0.2, 0) is 11.2 Å². The van der Waals surface area contributed by atoms with Gasteiger partial charge in [0.25, 0.3) is 5.91 Å². The summed E-state index contributed by atoms with van der Waals surface area (Å²) in [5.41, 5.74) is 2.17. The van der Waals surface area contributed by atoms with E-state index < -0.39 is 0 Å². The van der Waals surface area contributed by atoms with E-state index in [9.17, 15) is 4.79 Å². The van der Waals surface area contributed by atoms with E-state index in [0.717, 1.165) is 32.5 Å². The number of halogens is 1. The molecule has 124 valence electrons. The predicted molar refractivity (Wildman–Crippen MR) is 94.3 cm³/mol. The average Bonchev–Trinajstić information content (AvgIpc) is 2.99. The molecule has 1 amide bonds. The van der Waals surface area contributed by atoms with Gasteiger partial charge in [0.05, 0.1) is 12.7 Å². The van der Waals surface area contributed by atoms with E-state index in [1.165, 1.54) is 5.56 Å². The smallest absolute Gasteiger partial charge is 0.253 e. The van der Waals surface area contributed by atoms with Gasteiger partial charge in [0.2, 0.25) is 0 Å². The Balaban J connectivity index is 1.33. The normalized spacial score (nSPS) is 21.7. The Bertz CT molecular complexity index is 723. The third-order valence-electron chi connectivity index (χ3n) is 5.02. The predicted octanol–water partition coefficient (Wildman–Crippen LogP) is 3.81. The summed E-state index contributed by atoms with van der Waals surface area (Å²) in [5.74, 6) is 0.0869. The molecule has 0 aromatic heterocycles. The highest BCUT2D eigenvalue weighted by Crippen LogP contribution is 2.42. The fourth-order valence-corrected chi connectivity index (χ4v) is 3.93. The van der Waals surface area contributed by atoms with Crippen LogP contribution in [0.1, 0.15) is 22.3 Å². The monoisotopic (exact) mass is 341 g/mol. The third-order valence-corrected chi connectivity index (χ3v) is 5.28. The standard InChI is InChI=1S/C20H20ClNO2/c21-17-8-6-16(7-9-17)19(23)22-12-20(13-22)11-18(24-14-20)10-15-4-2-1-3-5-15/h1-9,18H,10-14H2/t18-/m0/s1. The van der Waals surface area contributed by atoms with E-state index in [1.807, 2.05) is 11.0 Å². The summed E-state index contributed by atoms with van der Waals surface area (Å²) in [7, 11) is 0. The van der Waals surface area contributed by atoms with Crippen LogP contribution in [0.3, 0.4) is 0 Å². The second-order valence-electron chi connectivity index (χ2n) is 6.99. The number of hydrogen-bond acceptors (Lipinski definition) is 2. The Morgan fingerprint density at radius 1 is 1.12 bits per heavy atom. The molecule has 2 fully saturated rings. The lowest BCUT2D eigenvalue weighted by atomic mass is 9.77. The maximum absolute atomic E-state index is 12.5. The molecular formula is C20H20ClNO2. The van der Waals surface area contributed by atoms with Gasteiger partial charge in [-0.1, -0.05) is 41.9 Å². The van der Waals surface area contributed by atoms with Crippen LogP contribution in [0, 0.1) is 5.41 Å². The largest absolute Gasteiger partial charge is 0.377 e. The van der Waals surface area contributed by atoms with Gasteiger partial charge >= 0.3 is 0 Å². The van der Waals surface area contributed by atoms with Crippen molar-refractivity contribution in [2.45, 2.75) is 18.9 Å². The Morgan fingerprint density at radius 3 is 2.54 bits per heavy atom. The molecule has 0 aliphatic carbocycles. The first-order chi connectivity index (χ1) is 11.6. The quantitative estimate of drug-likeness (QED) is 0.849. The maximum Gasteiger partial charge on any atom is 0.253 e. The fourth-order valence-electron chi connectivity index (χ4n) is 3.81. The molecule has 2 aromatic carbocycles. The van der Waals surface area contributed by atoms with Crippen LogP contribution in [0.4, 0.5) is 0 Å². The number of benzene rings is 2. The van der Waals surface area contributed by atoms with E-state index in [-0.39, 0.29) is 17.4 Å². The van der Waals surface area contributed by atoms with Crippen molar-refractivity contribution in [1.82, 2.24) is 4.90 Å². The van der Waals surface area contributed by atoms with Crippen molar-refractivity contribution >= 4 is 17.5 Å². The van der Waals surface area contributed by atoms with Crippen LogP contribution < -0.4 is 0 Å². The minimum Gasteiger partial charge on any atom is -0.377 e. The van der Waals surface area contributed by atoms with Crippen molar-refractivity contribution in [2.75, 3.05) is 19.7 Å². The molecule has 1 atom stereocenters. The zero-order valence-electron chi connectivity index (χ0n) is 13.5. The van der Waals surface area contributed by atoms with Crippen molar-refractivity contribution in [2.24, 2.45) is 5.41 Å². The molecule has 2 saturated heterocycles. The van der Waals surface area contributed by atoms with E-state index >= 15 is 0 Å². The molecule has 2 aliphatic heterocycles. The van der Waals surface area contributed by atoms with E-state index in [4.69, 9.17) is 16.3 Å². The number of hydrogen-bond donors (Lipinski definition) is 0. The molecule has 2 aliphatic rings. The molecule has 0 bridgehead atoms. The summed E-state index contributed by atoms with van der Waals surface area (Å²) in [6, 6.07) is 17.6. The lowest BCUT2D eigenvalue weighted by Crippen LogP contribution is -2.58. The van der Waals surface area contributed by atoms with Crippen LogP contribution in [0.5, 0.6) is 0 Å². The summed E-state index contributed by atoms with van der Waals surface area (Å²) >= 11 is 5.88. The molecule has 0 saturated carbocycles. The SMILES string of the molecule is O=C(c1ccc(Cl)cc1)N1CC2(CO[C@@H](Cc3ccccc3)C2)C1. The summed E-state index contributed by atoms with van der Waals surface area (Å²) in [4.78, 5) is 14.4. The first-order valence-corrected chi connectivity index (χ1v) is 8.72. The van der Waals surface area contributed by atoms with Crippen LogP contribution in [0.2, 0.25) is 5.02 Å². The van der Waals surface area contributed by atoms with Crippen LogP contribution in [0.25, 0.3) is 0 Å². The highest BCUT2D eigenvalue weighted by Gasteiger charge is 2.50. The molecule has 4 rings (SSSR count). The summed E-state index contributed by atoms with van der Waals surface area (Å²) in [6.07, 6.45) is 2.25. The van der Waals surface area contributed by atoms with Crippen molar-refractivity contribution in [1.29, 1.82) is 0 Å². The lowest BCUT2D eigenvalue weighted by molar-refractivity contribution is -0.00133. The van der Waals surface area contributed by atoms with Gasteiger partial charge < -0.3 is 9.64 Å². The molecule has 2 aromatic rings. The van der Waals surface area contributed by atoms with E-state index in [0.29, 0.717) is 10.6 Å². The summed E-state index contributed by atoms with van der Waals surface area (Å²) < 4.78 is 6.01. The van der Waals surface area contributed by atoms with Crippen LogP contribution >= 0.6 is 11.6 Å². The minimum atomic E-state index is 0.0869. The van der Waals surface area contributed by atoms with Gasteiger partial charge in [-0.05, 0) is 42.7 Å². The first-order valence-electron chi connectivity index (χ1n) is 8.34. The molecule has 3 nitrogen and oxygen atoms in total. The van der Waals surface area contributed by atoms with E-state index in [2.05, 4.69) is 24.3 Å². The van der Waals surface area contributed by atoms with Crippen molar-refractivity contribution in [3.05, 3.63) is 70.7 Å². The summed E-state index contributed by atoms with van der Waals surface area (Å²) in [5, 5.41) is 0.652. The number of nitrogens with zero attached hydrogens (tertiary/aromatic N) is 1. The topological polar surface area (TPSA) is 29.5 Å². The number of carbonyl (C=O) groups excluding carboxylic acids is 1. The molecular weight excluding hydrogens is 322 g/mol. The zero-order chi connectivity index (χ0) is 16.6. The Morgan fingerprint density at radius 2 is 1.83 bits per heavy atom. The van der Waals surface area contributed by atoms with Gasteiger partial charge in [-0.25, -0.2) is 0 Å². The van der Waals surface area contributed by atoms with Crippen molar-refractivity contribution < 1.29 is 9.53 Å². The molecule has 0 radical (unpaired) electrons. The molecule has 0 unspecified atom stereocenters. The maximum atomic E-state index is 12.5. The Labute approximate surface area is 147 Å². The van der Waals surface area contributed by atoms with E-state index in [1.54, 1.807) is 24.3 Å². The molecule has 0 N–H and O–H groups in total. The third kappa shape index (κ3) is 3.06. The lowest BCUT2D eigenvalue weighted by Gasteiger charge is -2.47. The number of likely N-dealkylation sites (tertiary alicyclic amines) is 1. The Hall–Kier alpha value is -1.84. The van der Waals surface area contributed by atoms with Crippen molar-refractivity contribution in [3.8, 4) is 0 Å². The van der Waals surface area contributed by atoms with Gasteiger partial charge in [-0.15, -0.1) is 0 Å². The van der Waals surface area contributed by atoms with Gasteiger partial charge in [0.15, 0.2) is 0 Å².